The Morgan fingerprint density at radius 1 is 1.03 bits per heavy atom. The normalized spacial score (nSPS) is 13.0. The Kier molecular flexibility index (Phi) is 5.39. The first-order valence-corrected chi connectivity index (χ1v) is 11.3. The molecule has 0 spiro atoms. The lowest BCUT2D eigenvalue weighted by atomic mass is 10.0. The number of azo groups is 1. The number of H-pyrrole nitrogens is 1. The first-order chi connectivity index (χ1) is 16.7. The number of nitrogens with one attached hydrogen (secondary N) is 1. The number of fused-ring (bicyclic) bond motifs is 1. The Morgan fingerprint density at radius 3 is 2.51 bits per heavy atom. The summed E-state index contributed by atoms with van der Waals surface area (Å²) in [6.07, 6.45) is 2.40. The number of benzene rings is 2. The Morgan fingerprint density at radius 2 is 1.80 bits per heavy atom. The van der Waals surface area contributed by atoms with Crippen LogP contribution in [-0.4, -0.2) is 26.0 Å². The summed E-state index contributed by atoms with van der Waals surface area (Å²) in [5.74, 6) is -1.36. The third kappa shape index (κ3) is 3.84. The molecule has 2 heterocycles. The van der Waals surface area contributed by atoms with Crippen molar-refractivity contribution in [3.63, 3.8) is 0 Å². The van der Waals surface area contributed by atoms with Gasteiger partial charge in [-0.25, -0.2) is 9.48 Å². The number of phenolic OH excluding ortho intramolecular Hbond substituents is 1. The van der Waals surface area contributed by atoms with Crippen LogP contribution < -0.4 is 5.56 Å². The lowest BCUT2D eigenvalue weighted by Gasteiger charge is -2.10. The molecule has 2 aromatic heterocycles. The number of rotatable bonds is 5. The SMILES string of the molecule is Cc1ccc(-n2[nH]c(C)c(N=Nc3c(O)c(-c4ccc(C(=O)O)o4)cc4c3CCC4)c2=O)cc1C. The van der Waals surface area contributed by atoms with Crippen molar-refractivity contribution in [2.24, 2.45) is 10.2 Å². The van der Waals surface area contributed by atoms with Crippen LogP contribution in [0.5, 0.6) is 5.75 Å². The summed E-state index contributed by atoms with van der Waals surface area (Å²) in [5, 5.41) is 31.8. The van der Waals surface area contributed by atoms with E-state index in [1.807, 2.05) is 32.0 Å². The summed E-state index contributed by atoms with van der Waals surface area (Å²) >= 11 is 0. The lowest BCUT2D eigenvalue weighted by Crippen LogP contribution is -2.14. The van der Waals surface area contributed by atoms with Gasteiger partial charge in [0.2, 0.25) is 5.76 Å². The van der Waals surface area contributed by atoms with E-state index in [1.54, 1.807) is 13.0 Å². The fourth-order valence-electron chi connectivity index (χ4n) is 4.41. The Labute approximate surface area is 200 Å². The van der Waals surface area contributed by atoms with Gasteiger partial charge in [0.1, 0.15) is 11.4 Å². The van der Waals surface area contributed by atoms with Gasteiger partial charge in [-0.3, -0.25) is 9.89 Å². The number of nitrogens with zero attached hydrogens (tertiary/aromatic N) is 3. The number of furan rings is 1. The molecule has 35 heavy (non-hydrogen) atoms. The van der Waals surface area contributed by atoms with Gasteiger partial charge in [-0.2, -0.15) is 0 Å². The zero-order valence-electron chi connectivity index (χ0n) is 19.5. The summed E-state index contributed by atoms with van der Waals surface area (Å²) in [6, 6.07) is 10.4. The van der Waals surface area contributed by atoms with Crippen molar-refractivity contribution in [1.82, 2.24) is 9.78 Å². The monoisotopic (exact) mass is 472 g/mol. The van der Waals surface area contributed by atoms with Crippen LogP contribution in [0.2, 0.25) is 0 Å². The van der Waals surface area contributed by atoms with Crippen molar-refractivity contribution in [1.29, 1.82) is 0 Å². The fraction of sp³-hybridized carbons (Fsp3) is 0.231. The number of aryl methyl sites for hydroxylation is 4. The Balaban J connectivity index is 1.58. The van der Waals surface area contributed by atoms with E-state index in [0.29, 0.717) is 16.9 Å². The summed E-state index contributed by atoms with van der Waals surface area (Å²) in [4.78, 5) is 24.3. The van der Waals surface area contributed by atoms with Crippen LogP contribution in [0, 0.1) is 20.8 Å². The van der Waals surface area contributed by atoms with Gasteiger partial charge in [-0.15, -0.1) is 10.2 Å². The largest absolute Gasteiger partial charge is 0.505 e. The van der Waals surface area contributed by atoms with Crippen LogP contribution in [0.4, 0.5) is 11.4 Å². The summed E-state index contributed by atoms with van der Waals surface area (Å²) in [7, 11) is 0. The molecule has 0 unspecified atom stereocenters. The minimum atomic E-state index is -1.19. The number of carboxylic acids is 1. The molecule has 178 valence electrons. The van der Waals surface area contributed by atoms with E-state index in [9.17, 15) is 19.8 Å². The van der Waals surface area contributed by atoms with E-state index in [-0.39, 0.29) is 34.2 Å². The number of aromatic amines is 1. The van der Waals surface area contributed by atoms with Gasteiger partial charge in [-0.1, -0.05) is 6.07 Å². The molecule has 1 aliphatic rings. The number of phenols is 1. The number of hydrogen-bond acceptors (Lipinski definition) is 6. The van der Waals surface area contributed by atoms with Crippen molar-refractivity contribution in [2.45, 2.75) is 40.0 Å². The van der Waals surface area contributed by atoms with E-state index in [2.05, 4.69) is 15.3 Å². The van der Waals surface area contributed by atoms with Crippen molar-refractivity contribution in [3.05, 3.63) is 80.5 Å². The standard InChI is InChI=1S/C26H24N4O5/c1-13-7-8-17(11-14(13)2)30-25(32)22(15(3)29-30)27-28-23-18-6-4-5-16(18)12-19(24(23)31)20-9-10-21(35-20)26(33)34/h7-12,29,31H,4-6H2,1-3H3,(H,33,34). The molecule has 1 aliphatic carbocycles. The maximum absolute atomic E-state index is 13.1. The number of hydrogen-bond donors (Lipinski definition) is 3. The van der Waals surface area contributed by atoms with E-state index >= 15 is 0 Å². The highest BCUT2D eigenvalue weighted by molar-refractivity contribution is 5.86. The molecule has 0 fully saturated rings. The smallest absolute Gasteiger partial charge is 0.371 e. The molecular formula is C26H24N4O5. The van der Waals surface area contributed by atoms with Gasteiger partial charge in [0, 0.05) is 0 Å². The lowest BCUT2D eigenvalue weighted by molar-refractivity contribution is 0.0663. The van der Waals surface area contributed by atoms with Gasteiger partial charge >= 0.3 is 5.97 Å². The Bertz CT molecular complexity index is 1570. The van der Waals surface area contributed by atoms with Crippen LogP contribution in [0.1, 0.15) is 44.9 Å². The summed E-state index contributed by atoms with van der Waals surface area (Å²) in [6.45, 7) is 5.73. The minimum absolute atomic E-state index is 0.144. The molecule has 0 amide bonds. The van der Waals surface area contributed by atoms with E-state index in [0.717, 1.165) is 41.5 Å². The third-order valence-corrected chi connectivity index (χ3v) is 6.47. The van der Waals surface area contributed by atoms with Crippen LogP contribution in [0.3, 0.4) is 0 Å². The van der Waals surface area contributed by atoms with Crippen LogP contribution in [0.25, 0.3) is 17.0 Å². The maximum Gasteiger partial charge on any atom is 0.371 e. The molecule has 5 rings (SSSR count). The van der Waals surface area contributed by atoms with E-state index < -0.39 is 5.97 Å². The highest BCUT2D eigenvalue weighted by Gasteiger charge is 2.24. The molecule has 4 aromatic rings. The molecule has 0 bridgehead atoms. The number of aromatic hydroxyl groups is 1. The van der Waals surface area contributed by atoms with Gasteiger partial charge in [0.05, 0.1) is 16.9 Å². The molecule has 0 radical (unpaired) electrons. The van der Waals surface area contributed by atoms with Gasteiger partial charge in [0.15, 0.2) is 11.4 Å². The molecule has 3 N–H and O–H groups in total. The first kappa shape index (κ1) is 22.4. The van der Waals surface area contributed by atoms with Crippen molar-refractivity contribution in [3.8, 4) is 22.8 Å². The van der Waals surface area contributed by atoms with Gasteiger partial charge < -0.3 is 14.6 Å². The molecular weight excluding hydrogens is 448 g/mol. The quantitative estimate of drug-likeness (QED) is 0.322. The number of aromatic nitrogens is 2. The van der Waals surface area contributed by atoms with E-state index in [1.165, 1.54) is 16.8 Å². The molecule has 9 heteroatoms. The Hall–Kier alpha value is -4.40. The number of aromatic carboxylic acids is 1. The zero-order chi connectivity index (χ0) is 24.9. The zero-order valence-corrected chi connectivity index (χ0v) is 19.5. The van der Waals surface area contributed by atoms with Crippen LogP contribution in [-0.2, 0) is 12.8 Å². The molecule has 0 aliphatic heterocycles. The van der Waals surface area contributed by atoms with Crippen molar-refractivity contribution in [2.75, 3.05) is 0 Å². The molecule has 0 atom stereocenters. The molecule has 0 saturated heterocycles. The maximum atomic E-state index is 13.1. The second-order valence-electron chi connectivity index (χ2n) is 8.78. The van der Waals surface area contributed by atoms with Crippen molar-refractivity contribution >= 4 is 17.3 Å². The first-order valence-electron chi connectivity index (χ1n) is 11.3. The average molecular weight is 473 g/mol. The topological polar surface area (TPSA) is 133 Å². The highest BCUT2D eigenvalue weighted by Crippen LogP contribution is 2.45. The third-order valence-electron chi connectivity index (χ3n) is 6.47. The van der Waals surface area contributed by atoms with Gasteiger partial charge in [-0.05, 0) is 92.6 Å². The predicted molar refractivity (Wildman–Crippen MR) is 130 cm³/mol. The van der Waals surface area contributed by atoms with Gasteiger partial charge in [0.25, 0.3) is 5.56 Å². The summed E-state index contributed by atoms with van der Waals surface area (Å²) in [5.41, 5.74) is 5.67. The molecule has 2 aromatic carbocycles. The second kappa shape index (κ2) is 8.43. The molecule has 0 saturated carbocycles. The average Bonchev–Trinajstić information content (AvgIpc) is 3.55. The van der Waals surface area contributed by atoms with Crippen molar-refractivity contribution < 1.29 is 19.4 Å². The molecule has 9 nitrogen and oxygen atoms in total. The van der Waals surface area contributed by atoms with Crippen LogP contribution >= 0.6 is 0 Å². The van der Waals surface area contributed by atoms with E-state index in [4.69, 9.17) is 4.42 Å². The number of carboxylic acid groups (broad SMARTS) is 1. The second-order valence-corrected chi connectivity index (χ2v) is 8.78. The number of carbonyl (C=O) groups is 1. The van der Waals surface area contributed by atoms with Crippen LogP contribution in [0.15, 0.2) is 55.8 Å². The minimum Gasteiger partial charge on any atom is -0.505 e. The summed E-state index contributed by atoms with van der Waals surface area (Å²) < 4.78 is 6.83. The fourth-order valence-corrected chi connectivity index (χ4v) is 4.41. The highest BCUT2D eigenvalue weighted by atomic mass is 16.4. The predicted octanol–water partition coefficient (Wildman–Crippen LogP) is 5.66.